The smallest absolute Gasteiger partial charge is 0.419 e. The Kier molecular flexibility index (Phi) is 6.84. The average molecular weight is 490 g/mol. The highest BCUT2D eigenvalue weighted by molar-refractivity contribution is 5.85. The molecule has 0 radical (unpaired) electrons. The number of aromatic amines is 1. The van der Waals surface area contributed by atoms with E-state index < -0.39 is 17.3 Å². The van der Waals surface area contributed by atoms with Crippen molar-refractivity contribution >= 4 is 11.0 Å². The van der Waals surface area contributed by atoms with E-state index in [4.69, 9.17) is 4.74 Å². The molecule has 2 aromatic heterocycles. The van der Waals surface area contributed by atoms with Crippen LogP contribution in [0.3, 0.4) is 0 Å². The van der Waals surface area contributed by atoms with Crippen molar-refractivity contribution in [2.45, 2.75) is 44.9 Å². The minimum atomic E-state index is -4.59. The van der Waals surface area contributed by atoms with Gasteiger partial charge in [-0.25, -0.2) is 4.98 Å². The molecule has 1 aliphatic heterocycles. The monoisotopic (exact) mass is 489 g/mol. The molecule has 188 valence electrons. The number of halogens is 3. The number of rotatable bonds is 7. The van der Waals surface area contributed by atoms with E-state index in [2.05, 4.69) is 15.0 Å². The third-order valence-electron chi connectivity index (χ3n) is 6.43. The van der Waals surface area contributed by atoms with E-state index >= 15 is 0 Å². The van der Waals surface area contributed by atoms with Gasteiger partial charge in [-0.05, 0) is 76.4 Å². The second-order valence-electron chi connectivity index (χ2n) is 9.91. The van der Waals surface area contributed by atoms with Crippen molar-refractivity contribution in [2.75, 3.05) is 26.2 Å². The molecule has 10 heteroatoms. The van der Waals surface area contributed by atoms with Crippen molar-refractivity contribution in [1.82, 2.24) is 19.7 Å². The molecule has 0 amide bonds. The topological polar surface area (TPSA) is 90.1 Å². The minimum Gasteiger partial charge on any atom is -0.493 e. The zero-order valence-electron chi connectivity index (χ0n) is 20.1. The molecule has 0 bridgehead atoms. The molecular weight excluding hydrogens is 459 g/mol. The third kappa shape index (κ3) is 5.80. The van der Waals surface area contributed by atoms with Crippen molar-refractivity contribution in [3.63, 3.8) is 0 Å². The van der Waals surface area contributed by atoms with E-state index in [1.165, 1.54) is 6.07 Å². The number of aromatic nitrogens is 3. The van der Waals surface area contributed by atoms with Crippen LogP contribution in [0.1, 0.15) is 44.4 Å². The molecule has 4 rings (SSSR count). The molecule has 3 heterocycles. The van der Waals surface area contributed by atoms with Crippen molar-refractivity contribution in [1.29, 1.82) is 5.26 Å². The predicted octanol–water partition coefficient (Wildman–Crippen LogP) is 4.71. The molecule has 1 aliphatic rings. The van der Waals surface area contributed by atoms with Gasteiger partial charge < -0.3 is 14.7 Å². The lowest BCUT2D eigenvalue weighted by atomic mass is 9.93. The van der Waals surface area contributed by atoms with Crippen LogP contribution in [0.2, 0.25) is 0 Å². The number of nitriles is 1. The SMILES string of the molecule is Cn1[nH]c2c(C#N)nc(-c3ccc(OCCC4CCN(CC(C)(C)O)CC4)c(C(F)(F)F)c3)cc21. The third-order valence-corrected chi connectivity index (χ3v) is 6.43. The lowest BCUT2D eigenvalue weighted by molar-refractivity contribution is -0.138. The number of aryl methyl sites for hydroxylation is 1. The van der Waals surface area contributed by atoms with Crippen LogP contribution in [0, 0.1) is 17.2 Å². The molecular formula is C25H30F3N5O2. The van der Waals surface area contributed by atoms with Crippen molar-refractivity contribution < 1.29 is 23.0 Å². The summed E-state index contributed by atoms with van der Waals surface area (Å²) in [6.45, 7) is 6.10. The number of ether oxygens (including phenoxy) is 1. The van der Waals surface area contributed by atoms with Crippen LogP contribution in [0.4, 0.5) is 13.2 Å². The summed E-state index contributed by atoms with van der Waals surface area (Å²) >= 11 is 0. The van der Waals surface area contributed by atoms with Crippen molar-refractivity contribution in [3.8, 4) is 23.1 Å². The predicted molar refractivity (Wildman–Crippen MR) is 126 cm³/mol. The van der Waals surface area contributed by atoms with E-state index in [-0.39, 0.29) is 23.6 Å². The Morgan fingerprint density at radius 2 is 1.94 bits per heavy atom. The van der Waals surface area contributed by atoms with Gasteiger partial charge in [-0.2, -0.15) is 18.4 Å². The van der Waals surface area contributed by atoms with E-state index in [1.54, 1.807) is 37.7 Å². The van der Waals surface area contributed by atoms with Gasteiger partial charge in [0, 0.05) is 19.2 Å². The van der Waals surface area contributed by atoms with Crippen molar-refractivity contribution in [2.24, 2.45) is 13.0 Å². The molecule has 1 saturated heterocycles. The molecule has 0 atom stereocenters. The largest absolute Gasteiger partial charge is 0.493 e. The Balaban J connectivity index is 1.44. The van der Waals surface area contributed by atoms with Crippen LogP contribution in [-0.2, 0) is 13.2 Å². The highest BCUT2D eigenvalue weighted by Crippen LogP contribution is 2.39. The van der Waals surface area contributed by atoms with Crippen LogP contribution < -0.4 is 4.74 Å². The maximum Gasteiger partial charge on any atom is 0.419 e. The molecule has 3 aromatic rings. The fourth-order valence-corrected chi connectivity index (χ4v) is 4.66. The normalized spacial score (nSPS) is 16.1. The Morgan fingerprint density at radius 3 is 2.54 bits per heavy atom. The Bertz CT molecular complexity index is 1220. The first-order valence-corrected chi connectivity index (χ1v) is 11.7. The molecule has 0 aliphatic carbocycles. The Hall–Kier alpha value is -3.03. The average Bonchev–Trinajstić information content (AvgIpc) is 2.78. The summed E-state index contributed by atoms with van der Waals surface area (Å²) in [5, 5.41) is 22.2. The number of hydrogen-bond donors (Lipinski definition) is 2. The molecule has 1 aromatic carbocycles. The number of benzene rings is 1. The maximum absolute atomic E-state index is 13.9. The highest BCUT2D eigenvalue weighted by Gasteiger charge is 2.35. The van der Waals surface area contributed by atoms with Gasteiger partial charge in [0.15, 0.2) is 5.69 Å². The number of H-pyrrole nitrogens is 1. The second-order valence-corrected chi connectivity index (χ2v) is 9.91. The quantitative estimate of drug-likeness (QED) is 0.502. The summed E-state index contributed by atoms with van der Waals surface area (Å²) in [5.74, 6) is 0.173. The number of fused-ring (bicyclic) bond motifs is 1. The van der Waals surface area contributed by atoms with Gasteiger partial charge in [0.25, 0.3) is 0 Å². The molecule has 0 unspecified atom stereocenters. The zero-order chi connectivity index (χ0) is 25.4. The fraction of sp³-hybridized carbons (Fsp3) is 0.520. The number of likely N-dealkylation sites (tertiary alicyclic amines) is 1. The number of nitrogens with one attached hydrogen (secondary N) is 1. The molecule has 2 N–H and O–H groups in total. The summed E-state index contributed by atoms with van der Waals surface area (Å²) < 4.78 is 48.9. The number of nitrogens with zero attached hydrogens (tertiary/aromatic N) is 4. The van der Waals surface area contributed by atoms with Crippen LogP contribution in [0.15, 0.2) is 24.3 Å². The van der Waals surface area contributed by atoms with Gasteiger partial charge in [-0.3, -0.25) is 9.78 Å². The number of β-amino-alcohol motifs (C(OH)–C–C–N with tert-alkyl or cyclic N) is 1. The van der Waals surface area contributed by atoms with E-state index in [0.29, 0.717) is 35.6 Å². The number of pyridine rings is 1. The van der Waals surface area contributed by atoms with Crippen LogP contribution in [0.5, 0.6) is 5.75 Å². The first-order valence-electron chi connectivity index (χ1n) is 11.7. The van der Waals surface area contributed by atoms with E-state index in [9.17, 15) is 23.5 Å². The van der Waals surface area contributed by atoms with Gasteiger partial charge >= 0.3 is 6.18 Å². The highest BCUT2D eigenvalue weighted by atomic mass is 19.4. The van der Waals surface area contributed by atoms with Gasteiger partial charge in [0.2, 0.25) is 0 Å². The van der Waals surface area contributed by atoms with E-state index in [0.717, 1.165) is 32.0 Å². The Morgan fingerprint density at radius 1 is 1.23 bits per heavy atom. The fourth-order valence-electron chi connectivity index (χ4n) is 4.66. The zero-order valence-corrected chi connectivity index (χ0v) is 20.1. The lowest BCUT2D eigenvalue weighted by Crippen LogP contribution is -2.43. The van der Waals surface area contributed by atoms with E-state index in [1.807, 2.05) is 6.07 Å². The number of piperidine rings is 1. The summed E-state index contributed by atoms with van der Waals surface area (Å²) in [7, 11) is 1.75. The summed E-state index contributed by atoms with van der Waals surface area (Å²) in [5.41, 5.74) is 0.374. The minimum absolute atomic E-state index is 0.137. The summed E-state index contributed by atoms with van der Waals surface area (Å²) in [6.07, 6.45) is -2.06. The molecule has 0 saturated carbocycles. The van der Waals surface area contributed by atoms with Gasteiger partial charge in [0.05, 0.1) is 29.0 Å². The summed E-state index contributed by atoms with van der Waals surface area (Å²) in [4.78, 5) is 6.45. The second kappa shape index (κ2) is 9.55. The van der Waals surface area contributed by atoms with Gasteiger partial charge in [-0.1, -0.05) is 0 Å². The molecule has 7 nitrogen and oxygen atoms in total. The van der Waals surface area contributed by atoms with Crippen LogP contribution in [0.25, 0.3) is 22.3 Å². The van der Waals surface area contributed by atoms with Crippen LogP contribution in [-0.4, -0.2) is 56.6 Å². The van der Waals surface area contributed by atoms with Gasteiger partial charge in [-0.15, -0.1) is 0 Å². The lowest BCUT2D eigenvalue weighted by Gasteiger charge is -2.35. The van der Waals surface area contributed by atoms with Crippen LogP contribution >= 0.6 is 0 Å². The number of alkyl halides is 3. The first-order chi connectivity index (χ1) is 16.4. The summed E-state index contributed by atoms with van der Waals surface area (Å²) in [6, 6.07) is 7.55. The van der Waals surface area contributed by atoms with Gasteiger partial charge in [0.1, 0.15) is 17.3 Å². The molecule has 1 fully saturated rings. The Labute approximate surface area is 202 Å². The molecule has 35 heavy (non-hydrogen) atoms. The number of aliphatic hydroxyl groups is 1. The standard InChI is InChI=1S/C25H30F3N5O2/c1-24(2,34)15-33-9-6-16(7-10-33)8-11-35-22-5-4-17(12-18(22)25(26,27)28)19-13-21-23(31-32(21)3)20(14-29)30-19/h4-5,12-13,16,31,34H,6-11,15H2,1-3H3. The first kappa shape index (κ1) is 25.1. The maximum atomic E-state index is 13.9. The molecule has 0 spiro atoms. The number of hydrogen-bond acceptors (Lipinski definition) is 5. The van der Waals surface area contributed by atoms with Crippen molar-refractivity contribution in [3.05, 3.63) is 35.5 Å².